The summed E-state index contributed by atoms with van der Waals surface area (Å²) in [6.45, 7) is 3.53. The molecule has 0 bridgehead atoms. The van der Waals surface area contributed by atoms with Crippen molar-refractivity contribution < 1.29 is 18.7 Å². The molecule has 2 saturated heterocycles. The number of ether oxygens (including phenoxy) is 1. The zero-order valence-corrected chi connectivity index (χ0v) is 17.6. The molecule has 2 amide bonds. The predicted molar refractivity (Wildman–Crippen MR) is 118 cm³/mol. The topological polar surface area (TPSA) is 61.9 Å². The molecule has 0 radical (unpaired) electrons. The summed E-state index contributed by atoms with van der Waals surface area (Å²) in [6.07, 6.45) is 1.83. The maximum absolute atomic E-state index is 14.6. The van der Waals surface area contributed by atoms with Crippen LogP contribution in [-0.2, 0) is 20.7 Å². The quantitative estimate of drug-likeness (QED) is 0.800. The summed E-state index contributed by atoms with van der Waals surface area (Å²) in [4.78, 5) is 29.2. The van der Waals surface area contributed by atoms with Gasteiger partial charge in [0, 0.05) is 31.9 Å². The van der Waals surface area contributed by atoms with Crippen LogP contribution in [0, 0.1) is 11.7 Å². The second-order valence-electron chi connectivity index (χ2n) is 8.10. The van der Waals surface area contributed by atoms with E-state index >= 15 is 0 Å². The van der Waals surface area contributed by atoms with Gasteiger partial charge in [-0.3, -0.25) is 9.59 Å². The van der Waals surface area contributed by atoms with Crippen LogP contribution in [0.3, 0.4) is 0 Å². The van der Waals surface area contributed by atoms with Gasteiger partial charge in [-0.25, -0.2) is 4.39 Å². The number of likely N-dealkylation sites (tertiary alicyclic amines) is 1. The normalized spacial score (nSPS) is 19.2. The van der Waals surface area contributed by atoms with Crippen molar-refractivity contribution in [2.75, 3.05) is 49.6 Å². The molecule has 2 heterocycles. The van der Waals surface area contributed by atoms with E-state index in [1.54, 1.807) is 17.0 Å². The summed E-state index contributed by atoms with van der Waals surface area (Å²) >= 11 is 0. The number of carbonyl (C=O) groups is 2. The van der Waals surface area contributed by atoms with Gasteiger partial charge in [0.25, 0.3) is 0 Å². The van der Waals surface area contributed by atoms with Gasteiger partial charge in [0.15, 0.2) is 0 Å². The number of amides is 2. The molecule has 7 heteroatoms. The van der Waals surface area contributed by atoms with Gasteiger partial charge in [0.05, 0.1) is 31.2 Å². The Morgan fingerprint density at radius 3 is 2.58 bits per heavy atom. The molecule has 31 heavy (non-hydrogen) atoms. The van der Waals surface area contributed by atoms with Gasteiger partial charge < -0.3 is 19.9 Å². The lowest BCUT2D eigenvalue weighted by Crippen LogP contribution is -2.44. The highest BCUT2D eigenvalue weighted by Crippen LogP contribution is 2.25. The second-order valence-corrected chi connectivity index (χ2v) is 8.10. The largest absolute Gasteiger partial charge is 0.378 e. The Balaban J connectivity index is 1.34. The molecule has 1 N–H and O–H groups in total. The number of anilines is 2. The number of benzene rings is 2. The Morgan fingerprint density at radius 1 is 1.06 bits per heavy atom. The zero-order valence-electron chi connectivity index (χ0n) is 17.6. The van der Waals surface area contributed by atoms with Crippen molar-refractivity contribution in [3.8, 4) is 0 Å². The van der Waals surface area contributed by atoms with Crippen LogP contribution in [-0.4, -0.2) is 56.1 Å². The van der Waals surface area contributed by atoms with Gasteiger partial charge in [-0.15, -0.1) is 0 Å². The first-order chi connectivity index (χ1) is 15.1. The maximum Gasteiger partial charge on any atom is 0.229 e. The number of carbonyl (C=O) groups excluding carboxylic acids is 2. The molecule has 0 saturated carbocycles. The van der Waals surface area contributed by atoms with Crippen molar-refractivity contribution in [1.29, 1.82) is 0 Å². The standard InChI is InChI=1S/C24H28FN3O3/c25-21-16-20(8-9-22(21)27-11-13-31-14-12-27)26-24(30)19-7-4-10-28(17-19)23(29)15-18-5-2-1-3-6-18/h1-3,5-6,8-9,16,19H,4,7,10-15,17H2,(H,26,30). The fourth-order valence-electron chi connectivity index (χ4n) is 4.19. The van der Waals surface area contributed by atoms with E-state index in [4.69, 9.17) is 4.74 Å². The zero-order chi connectivity index (χ0) is 21.6. The van der Waals surface area contributed by atoms with Crippen LogP contribution in [0.1, 0.15) is 18.4 Å². The van der Waals surface area contributed by atoms with Gasteiger partial charge in [0.2, 0.25) is 11.8 Å². The fraction of sp³-hybridized carbons (Fsp3) is 0.417. The number of halogens is 1. The van der Waals surface area contributed by atoms with Crippen molar-refractivity contribution in [2.45, 2.75) is 19.3 Å². The van der Waals surface area contributed by atoms with Gasteiger partial charge >= 0.3 is 0 Å². The molecule has 2 aromatic rings. The molecular weight excluding hydrogens is 397 g/mol. The number of rotatable bonds is 5. The van der Waals surface area contributed by atoms with Gasteiger partial charge in [0.1, 0.15) is 5.82 Å². The van der Waals surface area contributed by atoms with Crippen LogP contribution in [0.15, 0.2) is 48.5 Å². The molecule has 4 rings (SSSR count). The van der Waals surface area contributed by atoms with Crippen molar-refractivity contribution in [2.24, 2.45) is 5.92 Å². The van der Waals surface area contributed by atoms with E-state index < -0.39 is 0 Å². The smallest absolute Gasteiger partial charge is 0.229 e. The first-order valence-electron chi connectivity index (χ1n) is 10.8. The van der Waals surface area contributed by atoms with E-state index in [-0.39, 0.29) is 23.5 Å². The van der Waals surface area contributed by atoms with Crippen LogP contribution in [0.5, 0.6) is 0 Å². The minimum Gasteiger partial charge on any atom is -0.378 e. The van der Waals surface area contributed by atoms with E-state index in [1.807, 2.05) is 35.2 Å². The van der Waals surface area contributed by atoms with Crippen LogP contribution < -0.4 is 10.2 Å². The minimum atomic E-state index is -0.358. The highest BCUT2D eigenvalue weighted by Gasteiger charge is 2.28. The average molecular weight is 426 g/mol. The molecule has 6 nitrogen and oxygen atoms in total. The lowest BCUT2D eigenvalue weighted by molar-refractivity contribution is -0.133. The Hall–Kier alpha value is -2.93. The molecule has 2 aliphatic rings. The average Bonchev–Trinajstić information content (AvgIpc) is 2.80. The Kier molecular flexibility index (Phi) is 6.82. The van der Waals surface area contributed by atoms with Crippen LogP contribution in [0.2, 0.25) is 0 Å². The van der Waals surface area contributed by atoms with Crippen LogP contribution in [0.25, 0.3) is 0 Å². The third-order valence-electron chi connectivity index (χ3n) is 5.91. The molecule has 2 aliphatic heterocycles. The lowest BCUT2D eigenvalue weighted by Gasteiger charge is -2.32. The summed E-state index contributed by atoms with van der Waals surface area (Å²) in [6, 6.07) is 14.4. The van der Waals surface area contributed by atoms with E-state index in [0.717, 1.165) is 18.4 Å². The van der Waals surface area contributed by atoms with E-state index in [2.05, 4.69) is 5.32 Å². The Morgan fingerprint density at radius 2 is 1.84 bits per heavy atom. The lowest BCUT2D eigenvalue weighted by atomic mass is 9.96. The monoisotopic (exact) mass is 425 g/mol. The molecule has 0 spiro atoms. The molecule has 0 aliphatic carbocycles. The molecule has 164 valence electrons. The highest BCUT2D eigenvalue weighted by atomic mass is 19.1. The first kappa shape index (κ1) is 21.3. The van der Waals surface area contributed by atoms with E-state index in [9.17, 15) is 14.0 Å². The van der Waals surface area contributed by atoms with Crippen molar-refractivity contribution in [1.82, 2.24) is 4.90 Å². The molecule has 0 aromatic heterocycles. The maximum atomic E-state index is 14.6. The van der Waals surface area contributed by atoms with Crippen molar-refractivity contribution in [3.05, 3.63) is 59.9 Å². The number of piperidine rings is 1. The van der Waals surface area contributed by atoms with E-state index in [0.29, 0.717) is 57.2 Å². The Bertz CT molecular complexity index is 916. The third-order valence-corrected chi connectivity index (χ3v) is 5.91. The van der Waals surface area contributed by atoms with E-state index in [1.165, 1.54) is 6.07 Å². The summed E-state index contributed by atoms with van der Waals surface area (Å²) < 4.78 is 19.9. The Labute approximate surface area is 182 Å². The fourth-order valence-corrected chi connectivity index (χ4v) is 4.19. The van der Waals surface area contributed by atoms with Gasteiger partial charge in [-0.05, 0) is 36.6 Å². The van der Waals surface area contributed by atoms with Gasteiger partial charge in [-0.1, -0.05) is 30.3 Å². The van der Waals surface area contributed by atoms with Crippen LogP contribution in [0.4, 0.5) is 15.8 Å². The second kappa shape index (κ2) is 9.92. The number of nitrogens with one attached hydrogen (secondary N) is 1. The summed E-state index contributed by atoms with van der Waals surface area (Å²) in [5, 5.41) is 2.83. The number of hydrogen-bond donors (Lipinski definition) is 1. The van der Waals surface area contributed by atoms with Gasteiger partial charge in [-0.2, -0.15) is 0 Å². The molecule has 2 fully saturated rings. The predicted octanol–water partition coefficient (Wildman–Crippen LogP) is 3.08. The summed E-state index contributed by atoms with van der Waals surface area (Å²) in [7, 11) is 0. The number of morpholine rings is 1. The molecular formula is C24H28FN3O3. The summed E-state index contributed by atoms with van der Waals surface area (Å²) in [5.41, 5.74) is 1.93. The molecule has 1 atom stereocenters. The third kappa shape index (κ3) is 5.41. The molecule has 1 unspecified atom stereocenters. The SMILES string of the molecule is O=C(Nc1ccc(N2CCOCC2)c(F)c1)C1CCCN(C(=O)Cc2ccccc2)C1. The minimum absolute atomic E-state index is 0.0320. The number of hydrogen-bond acceptors (Lipinski definition) is 4. The first-order valence-corrected chi connectivity index (χ1v) is 10.8. The van der Waals surface area contributed by atoms with Crippen molar-refractivity contribution in [3.63, 3.8) is 0 Å². The summed E-state index contributed by atoms with van der Waals surface area (Å²) in [5.74, 6) is -0.793. The highest BCUT2D eigenvalue weighted by molar-refractivity contribution is 5.93. The molecule has 2 aromatic carbocycles. The van der Waals surface area contributed by atoms with Crippen molar-refractivity contribution >= 4 is 23.2 Å². The number of nitrogens with zero attached hydrogens (tertiary/aromatic N) is 2. The van der Waals surface area contributed by atoms with Crippen LogP contribution >= 0.6 is 0 Å².